The van der Waals surface area contributed by atoms with Crippen molar-refractivity contribution in [1.29, 1.82) is 0 Å². The van der Waals surface area contributed by atoms with Crippen LogP contribution in [0, 0.1) is 17.3 Å². The molecule has 1 aliphatic heterocycles. The van der Waals surface area contributed by atoms with E-state index >= 15 is 4.79 Å². The highest BCUT2D eigenvalue weighted by Crippen LogP contribution is 2.34. The van der Waals surface area contributed by atoms with E-state index in [-0.39, 0.29) is 111 Å². The summed E-state index contributed by atoms with van der Waals surface area (Å²) in [6.07, 6.45) is -0.135. The zero-order valence-corrected chi connectivity index (χ0v) is 81.8. The number of amides is 13. The highest BCUT2D eigenvalue weighted by atomic mass is 33.1. The fraction of sp³-hybridized carbons (Fsp3) is 0.565. The maximum Gasteiger partial charge on any atom is 0.426 e. The van der Waals surface area contributed by atoms with Crippen molar-refractivity contribution in [2.75, 3.05) is 51.5 Å². The number of aromatic hydroxyl groups is 1. The van der Waals surface area contributed by atoms with Crippen LogP contribution in [0.1, 0.15) is 209 Å². The molecule has 0 saturated carbocycles. The minimum absolute atomic E-state index is 0.0171. The van der Waals surface area contributed by atoms with E-state index in [9.17, 15) is 112 Å². The SMILES string of the molecule is CCCC(=O)OCN(C(=O)[C@H](NC(=O)C1CCCCN1C)C(C)(C)CC)[C@@H](C[C@@H](OC(C)=O)c1csc(C(=O)N[C@@H](Cc2ccc(O)cc2)C[C@H](C)C(=O)NNC(=O)OCCSSC[C@H](NC(=O)[C@H](CC(=O)O)NC(=O)[C@@H](N)CNC(=O)[C@H](Cc2ccccc2)NC(=O)[C@H](Cc2ccccc2)NC(=O)CCCCCCNC(=O)CC[C@@H](NC(=O)N[C@@H](CCC(=O)O)C(=O)O)C(=O)O)C(=O)O)n1)C(C)C. The number of phenols is 1. The van der Waals surface area contributed by atoms with Crippen LogP contribution in [-0.4, -0.2) is 276 Å². The molecule has 13 atom stereocenters. The van der Waals surface area contributed by atoms with Crippen molar-refractivity contribution in [3.05, 3.63) is 118 Å². The fourth-order valence-corrected chi connectivity index (χ4v) is 17.2. The normalized spacial score (nSPS) is 15.1. The first-order valence-corrected chi connectivity index (χ1v) is 49.2. The Morgan fingerprint density at radius 2 is 1.19 bits per heavy atom. The van der Waals surface area contributed by atoms with Gasteiger partial charge in [0.15, 0.2) is 11.7 Å². The molecule has 2 heterocycles. The van der Waals surface area contributed by atoms with Gasteiger partial charge >= 0.3 is 53.9 Å². The molecule has 44 nitrogen and oxygen atoms in total. The van der Waals surface area contributed by atoms with Crippen molar-refractivity contribution in [1.82, 2.24) is 78.8 Å². The van der Waals surface area contributed by atoms with Gasteiger partial charge in [-0.2, -0.15) is 0 Å². The van der Waals surface area contributed by atoms with E-state index in [0.29, 0.717) is 68.2 Å². The van der Waals surface area contributed by atoms with Crippen LogP contribution in [0.3, 0.4) is 0 Å². The quantitative estimate of drug-likeness (QED) is 0.00733. The van der Waals surface area contributed by atoms with E-state index in [4.69, 9.17) is 25.1 Å². The predicted molar refractivity (Wildman–Crippen MR) is 509 cm³/mol. The van der Waals surface area contributed by atoms with Gasteiger partial charge in [0.1, 0.15) is 66.8 Å². The summed E-state index contributed by atoms with van der Waals surface area (Å²) in [4.78, 5) is 257. The summed E-state index contributed by atoms with van der Waals surface area (Å²) in [5.41, 5.74) is 11.8. The molecule has 4 aromatic rings. The summed E-state index contributed by atoms with van der Waals surface area (Å²) < 4.78 is 16.9. The van der Waals surface area contributed by atoms with Crippen molar-refractivity contribution >= 4 is 146 Å². The maximum atomic E-state index is 15.3. The first-order valence-electron chi connectivity index (χ1n) is 45.8. The topological polar surface area (TPSA) is 663 Å². The number of thiazole rings is 1. The molecule has 1 saturated heterocycles. The average molecular weight is 2010 g/mol. The Kier molecular flexibility index (Phi) is 51.1. The number of nitrogens with one attached hydrogen (secondary N) is 12. The predicted octanol–water partition coefficient (Wildman–Crippen LogP) is 4.25. The number of phenolic OH excluding ortho intramolecular Hbond substituents is 1. The van der Waals surface area contributed by atoms with Gasteiger partial charge in [-0.3, -0.25) is 77.4 Å². The molecule has 1 fully saturated rings. The van der Waals surface area contributed by atoms with Gasteiger partial charge < -0.3 is 109 Å². The number of carbonyl (C=O) groups is 19. The number of likely N-dealkylation sites (tertiary alicyclic amines) is 1. The van der Waals surface area contributed by atoms with E-state index in [2.05, 4.69) is 63.7 Å². The van der Waals surface area contributed by atoms with Crippen molar-refractivity contribution < 1.29 is 136 Å². The number of hydrogen-bond acceptors (Lipinski definition) is 29. The van der Waals surface area contributed by atoms with Gasteiger partial charge in [-0.15, -0.1) is 11.3 Å². The molecule has 47 heteroatoms. The Labute approximate surface area is 817 Å². The first kappa shape index (κ1) is 117. The number of aromatic nitrogens is 1. The molecule has 5 rings (SSSR count). The number of carboxylic acids is 5. The molecule has 0 radical (unpaired) electrons. The lowest BCUT2D eigenvalue weighted by Crippen LogP contribution is -2.61. The van der Waals surface area contributed by atoms with Gasteiger partial charge in [0, 0.05) is 99.8 Å². The summed E-state index contributed by atoms with van der Waals surface area (Å²) in [6.45, 7) is 13.3. The third-order valence-electron chi connectivity index (χ3n) is 22.7. The van der Waals surface area contributed by atoms with Crippen molar-refractivity contribution in [3.8, 4) is 5.75 Å². The maximum absolute atomic E-state index is 15.3. The Balaban J connectivity index is 1.12. The molecule has 0 aliphatic carbocycles. The second-order valence-electron chi connectivity index (χ2n) is 34.6. The largest absolute Gasteiger partial charge is 0.508 e. The fourth-order valence-electron chi connectivity index (χ4n) is 14.5. The highest BCUT2D eigenvalue weighted by Gasteiger charge is 2.44. The van der Waals surface area contributed by atoms with E-state index in [1.807, 2.05) is 51.9 Å². The number of carboxylic acid groups (broad SMARTS) is 5. The third-order valence-corrected chi connectivity index (χ3v) is 25.9. The van der Waals surface area contributed by atoms with Gasteiger partial charge in [-0.05, 0) is 118 Å². The van der Waals surface area contributed by atoms with Crippen LogP contribution in [-0.2, 0) is 110 Å². The van der Waals surface area contributed by atoms with Crippen molar-refractivity contribution in [2.24, 2.45) is 23.0 Å². The van der Waals surface area contributed by atoms with Crippen molar-refractivity contribution in [2.45, 2.75) is 263 Å². The van der Waals surface area contributed by atoms with Crippen molar-refractivity contribution in [3.63, 3.8) is 0 Å². The van der Waals surface area contributed by atoms with E-state index < -0.39 is 224 Å². The molecule has 20 N–H and O–H groups in total. The number of urea groups is 1. The Morgan fingerprint density at radius 3 is 1.77 bits per heavy atom. The molecule has 3 aromatic carbocycles. The lowest BCUT2D eigenvalue weighted by atomic mass is 9.80. The number of piperidine rings is 1. The molecule has 766 valence electrons. The molecule has 0 spiro atoms. The standard InChI is InChI=1S/C92H132N16O28S3/c1-10-24-76(117)135-52-108(86(125)77(92(7,8)11-2)104-83(123)69-29-21-23-40-107(69)9)70(53(3)4)48-71(136-55(6)109)67-50-137-85(101-67)84(124)96-59(44-58-31-33-60(110)34-32-58)43-54(5)78(118)105-106-91(133)134-41-42-138-139-51-68(89(130)131)100-82(122)66(47-75(115)116)98-79(119)61(93)49-95-80(120)64(45-56-25-16-14-17-26-56)99-81(121)65(46-57-27-18-15-19-28-57)97-73(112)30-20-12-13-22-39-94-72(111)37-35-62(87(126)127)102-90(132)103-63(88(128)129)36-38-74(113)114/h14-19,25-28,31-34,50,53-54,59,61-66,68-71,77,110H,10-13,20-24,29-30,35-49,51-52,93H2,1-9H3,(H,94,111)(H,95,120)(H,96,124)(H,97,112)(H,98,119)(H,99,121)(H,100,122)(H,104,123)(H,105,118)(H,106,133)(H,113,114)(H,115,116)(H,126,127)(H,128,129)(H,130,131)(H2,102,103,132)/t54-,59+,61-,62+,63-,64-,65-,66-,68-,69?,70-,71+,77-/m0/s1. The van der Waals surface area contributed by atoms with Crippen LogP contribution in [0.15, 0.2) is 90.3 Å². The lowest BCUT2D eigenvalue weighted by Gasteiger charge is -2.42. The Bertz CT molecular complexity index is 4770. The monoisotopic (exact) mass is 2000 g/mol. The number of benzene rings is 3. The van der Waals surface area contributed by atoms with Gasteiger partial charge in [-0.1, -0.05) is 162 Å². The van der Waals surface area contributed by atoms with Crippen LogP contribution in [0.25, 0.3) is 0 Å². The molecule has 1 unspecified atom stereocenters. The smallest absolute Gasteiger partial charge is 0.426 e. The Hall–Kier alpha value is -12.8. The number of hydrazine groups is 1. The molecular formula is C92H132N16O28S3. The lowest BCUT2D eigenvalue weighted by molar-refractivity contribution is -0.162. The van der Waals surface area contributed by atoms with E-state index in [1.54, 1.807) is 79.7 Å². The number of ether oxygens (including phenoxy) is 3. The molecule has 1 aromatic heterocycles. The van der Waals surface area contributed by atoms with E-state index in [1.165, 1.54) is 36.3 Å². The molecule has 0 bridgehead atoms. The summed E-state index contributed by atoms with van der Waals surface area (Å²) in [5.74, 6) is -17.8. The number of nitrogens with two attached hydrogens (primary N) is 1. The van der Waals surface area contributed by atoms with Gasteiger partial charge in [0.05, 0.1) is 18.2 Å². The minimum Gasteiger partial charge on any atom is -0.508 e. The van der Waals surface area contributed by atoms with Gasteiger partial charge in [0.25, 0.3) is 5.91 Å². The minimum atomic E-state index is -1.91. The van der Waals surface area contributed by atoms with Crippen LogP contribution in [0.2, 0.25) is 0 Å². The van der Waals surface area contributed by atoms with Crippen LogP contribution >= 0.6 is 32.9 Å². The molecule has 139 heavy (non-hydrogen) atoms. The third kappa shape index (κ3) is 43.4. The highest BCUT2D eigenvalue weighted by molar-refractivity contribution is 8.76. The number of carbonyl (C=O) groups excluding carboxylic acids is 14. The Morgan fingerprint density at radius 1 is 0.597 bits per heavy atom. The zero-order chi connectivity index (χ0) is 103. The zero-order valence-electron chi connectivity index (χ0n) is 79.4. The second-order valence-corrected chi connectivity index (χ2v) is 38.1. The first-order chi connectivity index (χ1) is 65.9. The number of nitrogens with zero attached hydrogens (tertiary/aromatic N) is 3. The molecule has 1 aliphatic rings. The number of esters is 2. The van der Waals surface area contributed by atoms with Crippen LogP contribution in [0.5, 0.6) is 5.75 Å². The van der Waals surface area contributed by atoms with Crippen LogP contribution < -0.4 is 69.8 Å². The summed E-state index contributed by atoms with van der Waals surface area (Å²) in [5, 5.41) is 84.3. The average Bonchev–Trinajstić information content (AvgIpc) is 1.66. The summed E-state index contributed by atoms with van der Waals surface area (Å²) >= 11 is 0.927. The second kappa shape index (κ2) is 60.8. The number of likely N-dealkylation sites (N-methyl/N-ethyl adjacent to an activating group) is 1. The van der Waals surface area contributed by atoms with Crippen LogP contribution in [0.4, 0.5) is 9.59 Å². The number of rotatable bonds is 62. The van der Waals surface area contributed by atoms with E-state index in [0.717, 1.165) is 45.8 Å². The molecular weight excluding hydrogens is 1870 g/mol. The summed E-state index contributed by atoms with van der Waals surface area (Å²) in [6, 6.07) is 7.68. The summed E-state index contributed by atoms with van der Waals surface area (Å²) in [7, 11) is 3.76. The van der Waals surface area contributed by atoms with Gasteiger partial charge in [0.2, 0.25) is 53.2 Å². The van der Waals surface area contributed by atoms with Gasteiger partial charge in [-0.25, -0.2) is 34.4 Å². The number of aliphatic carboxylic acids is 5. The molecule has 13 amide bonds. The number of unbranched alkanes of at least 4 members (excludes halogenated alkanes) is 3. The number of hydrogen-bond donors (Lipinski definition) is 19.